The van der Waals surface area contributed by atoms with Gasteiger partial charge in [-0.1, -0.05) is 13.8 Å². The quantitative estimate of drug-likeness (QED) is 0.610. The Bertz CT molecular complexity index is 196. The van der Waals surface area contributed by atoms with E-state index in [1.807, 2.05) is 13.8 Å². The van der Waals surface area contributed by atoms with Crippen LogP contribution < -0.4 is 0 Å². The maximum absolute atomic E-state index is 11.2. The summed E-state index contributed by atoms with van der Waals surface area (Å²) < 4.78 is 9.54. The molecule has 0 aliphatic heterocycles. The number of rotatable bonds is 6. The van der Waals surface area contributed by atoms with Crippen LogP contribution in [0.15, 0.2) is 0 Å². The summed E-state index contributed by atoms with van der Waals surface area (Å²) in [5.41, 5.74) is -0.837. The summed E-state index contributed by atoms with van der Waals surface area (Å²) >= 11 is 0. The van der Waals surface area contributed by atoms with Crippen molar-refractivity contribution in [2.24, 2.45) is 5.92 Å². The monoisotopic (exact) mass is 201 g/mol. The van der Waals surface area contributed by atoms with Crippen molar-refractivity contribution in [3.63, 3.8) is 0 Å². The molecule has 0 amide bonds. The molecule has 0 aromatic rings. The molecule has 0 unspecified atom stereocenters. The lowest BCUT2D eigenvalue weighted by Crippen LogP contribution is -2.29. The van der Waals surface area contributed by atoms with Gasteiger partial charge in [0.25, 0.3) is 0 Å². The molecular formula is C10H17O4. The minimum Gasteiger partial charge on any atom is -0.465 e. The van der Waals surface area contributed by atoms with Gasteiger partial charge in [0.2, 0.25) is 0 Å². The van der Waals surface area contributed by atoms with Gasteiger partial charge in [0.15, 0.2) is 0 Å². The highest BCUT2D eigenvalue weighted by Crippen LogP contribution is 2.14. The van der Waals surface area contributed by atoms with Crippen LogP contribution in [-0.2, 0) is 19.1 Å². The van der Waals surface area contributed by atoms with Gasteiger partial charge in [0.05, 0.1) is 13.0 Å². The molecule has 0 atom stereocenters. The molecule has 0 aromatic carbocycles. The summed E-state index contributed by atoms with van der Waals surface area (Å²) in [7, 11) is 0. The van der Waals surface area contributed by atoms with Crippen LogP contribution in [-0.4, -0.2) is 24.6 Å². The maximum Gasteiger partial charge on any atom is 0.418 e. The van der Waals surface area contributed by atoms with E-state index in [4.69, 9.17) is 4.74 Å². The fraction of sp³-hybridized carbons (Fsp3) is 0.800. The largest absolute Gasteiger partial charge is 0.465 e. The van der Waals surface area contributed by atoms with Crippen molar-refractivity contribution in [3.8, 4) is 0 Å². The molecule has 0 saturated heterocycles. The van der Waals surface area contributed by atoms with Crippen LogP contribution in [0.25, 0.3) is 0 Å². The predicted molar refractivity (Wildman–Crippen MR) is 51.3 cm³/mol. The molecule has 1 radical (unpaired) electrons. The second kappa shape index (κ2) is 5.62. The first-order valence-corrected chi connectivity index (χ1v) is 4.58. The zero-order chi connectivity index (χ0) is 11.2. The number of carbonyl (C=O) groups excluding carboxylic acids is 2. The van der Waals surface area contributed by atoms with Crippen molar-refractivity contribution in [1.82, 2.24) is 0 Å². The molecule has 14 heavy (non-hydrogen) atoms. The summed E-state index contributed by atoms with van der Waals surface area (Å²) in [4.78, 5) is 21.2. The fourth-order valence-corrected chi connectivity index (χ4v) is 0.807. The molecule has 0 heterocycles. The Balaban J connectivity index is 3.86. The van der Waals surface area contributed by atoms with Gasteiger partial charge in [-0.05, 0) is 19.8 Å². The first-order valence-electron chi connectivity index (χ1n) is 4.58. The van der Waals surface area contributed by atoms with E-state index in [1.54, 1.807) is 13.8 Å². The topological polar surface area (TPSA) is 52.6 Å². The molecule has 0 saturated carbocycles. The highest BCUT2D eigenvalue weighted by molar-refractivity contribution is 5.70. The Labute approximate surface area is 84.6 Å². The van der Waals surface area contributed by atoms with E-state index < -0.39 is 5.60 Å². The average Bonchev–Trinajstić information content (AvgIpc) is 1.99. The SMILES string of the molecule is CC(C)COC(=O)CC(C)(C)O[C]=O. The highest BCUT2D eigenvalue weighted by Gasteiger charge is 2.24. The third-order valence-electron chi connectivity index (χ3n) is 1.47. The zero-order valence-electron chi connectivity index (χ0n) is 9.12. The van der Waals surface area contributed by atoms with Crippen molar-refractivity contribution in [2.45, 2.75) is 39.7 Å². The number of hydrogen-bond acceptors (Lipinski definition) is 4. The number of ether oxygens (including phenoxy) is 2. The van der Waals surface area contributed by atoms with E-state index in [9.17, 15) is 9.59 Å². The van der Waals surface area contributed by atoms with E-state index in [2.05, 4.69) is 4.74 Å². The summed E-state index contributed by atoms with van der Waals surface area (Å²) in [6, 6.07) is 0. The Morgan fingerprint density at radius 2 is 2.00 bits per heavy atom. The number of esters is 1. The van der Waals surface area contributed by atoms with Crippen LogP contribution in [0.4, 0.5) is 0 Å². The van der Waals surface area contributed by atoms with Gasteiger partial charge in [0, 0.05) is 0 Å². The Morgan fingerprint density at radius 3 is 2.43 bits per heavy atom. The standard InChI is InChI=1S/C10H17O4/c1-8(2)6-13-9(12)5-10(3,4)14-7-11/h8H,5-6H2,1-4H3. The van der Waals surface area contributed by atoms with Gasteiger partial charge in [-0.25, -0.2) is 4.79 Å². The molecule has 0 fully saturated rings. The Morgan fingerprint density at radius 1 is 1.43 bits per heavy atom. The van der Waals surface area contributed by atoms with Crippen molar-refractivity contribution in [3.05, 3.63) is 0 Å². The van der Waals surface area contributed by atoms with E-state index in [0.29, 0.717) is 12.5 Å². The highest BCUT2D eigenvalue weighted by atomic mass is 16.6. The lowest BCUT2D eigenvalue weighted by molar-refractivity contribution is -0.148. The average molecular weight is 201 g/mol. The van der Waals surface area contributed by atoms with Gasteiger partial charge in [-0.15, -0.1) is 0 Å². The van der Waals surface area contributed by atoms with Crippen molar-refractivity contribution < 1.29 is 19.1 Å². The molecular weight excluding hydrogens is 184 g/mol. The molecule has 4 heteroatoms. The molecule has 81 valence electrons. The third kappa shape index (κ3) is 6.46. The van der Waals surface area contributed by atoms with Crippen LogP contribution in [0.2, 0.25) is 0 Å². The van der Waals surface area contributed by atoms with Crippen LogP contribution in [0.5, 0.6) is 0 Å². The predicted octanol–water partition coefficient (Wildman–Crippen LogP) is 1.44. The van der Waals surface area contributed by atoms with Gasteiger partial charge in [0.1, 0.15) is 5.60 Å². The number of carbonyl (C=O) groups is 1. The lowest BCUT2D eigenvalue weighted by atomic mass is 10.1. The van der Waals surface area contributed by atoms with Gasteiger partial charge < -0.3 is 9.47 Å². The molecule has 0 spiro atoms. The van der Waals surface area contributed by atoms with Gasteiger partial charge in [-0.2, -0.15) is 0 Å². The normalized spacial score (nSPS) is 11.2. The molecule has 4 nitrogen and oxygen atoms in total. The third-order valence-corrected chi connectivity index (χ3v) is 1.47. The minimum atomic E-state index is -0.837. The second-order valence-corrected chi connectivity index (χ2v) is 4.20. The van der Waals surface area contributed by atoms with Crippen molar-refractivity contribution in [1.29, 1.82) is 0 Å². The molecule has 0 aliphatic rings. The zero-order valence-corrected chi connectivity index (χ0v) is 9.12. The fourth-order valence-electron chi connectivity index (χ4n) is 0.807. The van der Waals surface area contributed by atoms with E-state index >= 15 is 0 Å². The summed E-state index contributed by atoms with van der Waals surface area (Å²) in [6.07, 6.45) is 0.0506. The Kier molecular flexibility index (Phi) is 5.20. The van der Waals surface area contributed by atoms with Gasteiger partial charge in [-0.3, -0.25) is 4.79 Å². The van der Waals surface area contributed by atoms with E-state index in [0.717, 1.165) is 0 Å². The molecule has 0 aromatic heterocycles. The van der Waals surface area contributed by atoms with Crippen molar-refractivity contribution in [2.75, 3.05) is 6.61 Å². The first-order chi connectivity index (χ1) is 6.37. The van der Waals surface area contributed by atoms with E-state index in [1.165, 1.54) is 6.47 Å². The summed E-state index contributed by atoms with van der Waals surface area (Å²) in [5, 5.41) is 0. The molecule has 0 N–H and O–H groups in total. The molecule has 0 rings (SSSR count). The van der Waals surface area contributed by atoms with Gasteiger partial charge >= 0.3 is 12.4 Å². The first kappa shape index (κ1) is 12.9. The Hall–Kier alpha value is -1.06. The van der Waals surface area contributed by atoms with E-state index in [-0.39, 0.29) is 12.4 Å². The van der Waals surface area contributed by atoms with Crippen LogP contribution in [0.1, 0.15) is 34.1 Å². The summed E-state index contributed by atoms with van der Waals surface area (Å²) in [5.74, 6) is -0.0560. The number of hydrogen-bond donors (Lipinski definition) is 0. The molecule has 0 aliphatic carbocycles. The minimum absolute atomic E-state index is 0.0506. The van der Waals surface area contributed by atoms with Crippen LogP contribution in [0, 0.1) is 5.92 Å². The second-order valence-electron chi connectivity index (χ2n) is 4.20. The van der Waals surface area contributed by atoms with Crippen molar-refractivity contribution >= 4 is 12.4 Å². The smallest absolute Gasteiger partial charge is 0.418 e. The van der Waals surface area contributed by atoms with Crippen LogP contribution in [0.3, 0.4) is 0 Å². The lowest BCUT2D eigenvalue weighted by Gasteiger charge is -2.20. The van der Waals surface area contributed by atoms with Crippen LogP contribution >= 0.6 is 0 Å². The maximum atomic E-state index is 11.2. The molecule has 0 bridgehead atoms. The summed E-state index contributed by atoms with van der Waals surface area (Å²) in [6.45, 7) is 8.88.